The molecule has 3 N–H and O–H groups in total. The van der Waals surface area contributed by atoms with Crippen molar-refractivity contribution in [2.45, 2.75) is 65.1 Å². The smallest absolute Gasteiger partial charge is 0.251 e. The summed E-state index contributed by atoms with van der Waals surface area (Å²) >= 11 is 0. The first-order valence-corrected chi connectivity index (χ1v) is 15.6. The van der Waals surface area contributed by atoms with E-state index in [-0.39, 0.29) is 11.7 Å². The fourth-order valence-electron chi connectivity index (χ4n) is 5.40. The molecule has 1 aliphatic heterocycles. The molecular formula is C30H42N4O4S. The Bertz CT molecular complexity index is 1380. The predicted octanol–water partition coefficient (Wildman–Crippen LogP) is 3.71. The molecule has 8 nitrogen and oxygen atoms in total. The number of aliphatic hydroxyl groups is 1. The molecule has 0 bridgehead atoms. The summed E-state index contributed by atoms with van der Waals surface area (Å²) in [5, 5.41) is 18.5. The first kappa shape index (κ1) is 29.1. The summed E-state index contributed by atoms with van der Waals surface area (Å²) in [5.74, 6) is 0.228. The van der Waals surface area contributed by atoms with E-state index in [0.717, 1.165) is 41.4 Å². The molecule has 3 aromatic rings. The molecule has 39 heavy (non-hydrogen) atoms. The summed E-state index contributed by atoms with van der Waals surface area (Å²) in [6.07, 6.45) is 4.24. The maximum atomic E-state index is 13.7. The summed E-state index contributed by atoms with van der Waals surface area (Å²) in [6, 6.07) is 12.8. The minimum atomic E-state index is -3.50. The summed E-state index contributed by atoms with van der Waals surface area (Å²) in [6.45, 7) is 8.24. The number of amides is 1. The molecule has 0 saturated heterocycles. The van der Waals surface area contributed by atoms with E-state index in [9.17, 15) is 18.3 Å². The molecule has 212 valence electrons. The highest BCUT2D eigenvalue weighted by molar-refractivity contribution is 7.92. The van der Waals surface area contributed by atoms with Crippen LogP contribution in [-0.4, -0.2) is 62.0 Å². The van der Waals surface area contributed by atoms with Crippen LogP contribution < -0.4 is 14.9 Å². The van der Waals surface area contributed by atoms with Crippen LogP contribution in [-0.2, 0) is 29.4 Å². The quantitative estimate of drug-likeness (QED) is 0.317. The van der Waals surface area contributed by atoms with Gasteiger partial charge in [0.05, 0.1) is 29.1 Å². The number of carbonyl (C=O) groups excluding carboxylic acids is 1. The second-order valence-corrected chi connectivity index (χ2v) is 12.7. The molecule has 0 fully saturated rings. The van der Waals surface area contributed by atoms with E-state index in [1.165, 1.54) is 4.31 Å². The van der Waals surface area contributed by atoms with Crippen LogP contribution in [0.25, 0.3) is 10.9 Å². The van der Waals surface area contributed by atoms with Gasteiger partial charge in [0.25, 0.3) is 5.91 Å². The van der Waals surface area contributed by atoms with E-state index in [1.54, 1.807) is 13.1 Å². The van der Waals surface area contributed by atoms with E-state index in [4.69, 9.17) is 0 Å². The number of anilines is 1. The zero-order chi connectivity index (χ0) is 28.2. The number of nitrogens with zero attached hydrogens (tertiary/aromatic N) is 2. The lowest BCUT2D eigenvalue weighted by molar-refractivity contribution is 0.0828. The maximum Gasteiger partial charge on any atom is 0.251 e. The van der Waals surface area contributed by atoms with E-state index in [2.05, 4.69) is 29.0 Å². The lowest BCUT2D eigenvalue weighted by Gasteiger charge is -2.26. The zero-order valence-electron chi connectivity index (χ0n) is 23.5. The second-order valence-electron chi connectivity index (χ2n) is 10.5. The SMILES string of the molecule is CCC(CC)CNC[C@@H](O)[C@H](Cc1ccccc1)NC(=O)c1cc2c3c(cn(CC)c3c1)CCS(=O)(=O)N2C. The minimum Gasteiger partial charge on any atom is -0.390 e. The van der Waals surface area contributed by atoms with Gasteiger partial charge in [-0.25, -0.2) is 8.42 Å². The Balaban J connectivity index is 1.64. The summed E-state index contributed by atoms with van der Waals surface area (Å²) < 4.78 is 29.1. The van der Waals surface area contributed by atoms with Crippen molar-refractivity contribution in [3.63, 3.8) is 0 Å². The molecule has 0 unspecified atom stereocenters. The lowest BCUT2D eigenvalue weighted by Crippen LogP contribution is -2.49. The van der Waals surface area contributed by atoms with Gasteiger partial charge in [-0.2, -0.15) is 0 Å². The third kappa shape index (κ3) is 6.48. The van der Waals surface area contributed by atoms with E-state index >= 15 is 0 Å². The molecule has 0 radical (unpaired) electrons. The molecular weight excluding hydrogens is 512 g/mol. The normalized spacial score (nSPS) is 16.3. The van der Waals surface area contributed by atoms with Gasteiger partial charge in [0.2, 0.25) is 10.0 Å². The molecule has 1 aliphatic rings. The van der Waals surface area contributed by atoms with Gasteiger partial charge in [0, 0.05) is 37.3 Å². The fraction of sp³-hybridized carbons (Fsp3) is 0.500. The molecule has 0 saturated carbocycles. The highest BCUT2D eigenvalue weighted by Gasteiger charge is 2.29. The van der Waals surface area contributed by atoms with E-state index in [0.29, 0.717) is 43.1 Å². The Labute approximate surface area is 232 Å². The van der Waals surface area contributed by atoms with Crippen LogP contribution in [0.1, 0.15) is 55.1 Å². The second kappa shape index (κ2) is 12.5. The number of hydrogen-bond donors (Lipinski definition) is 3. The van der Waals surface area contributed by atoms with Crippen LogP contribution >= 0.6 is 0 Å². The number of benzene rings is 2. The number of aliphatic hydroxyl groups excluding tert-OH is 1. The lowest BCUT2D eigenvalue weighted by atomic mass is 9.99. The number of hydrogen-bond acceptors (Lipinski definition) is 5. The Kier molecular flexibility index (Phi) is 9.35. The molecule has 1 amide bonds. The van der Waals surface area contributed by atoms with Crippen molar-refractivity contribution >= 4 is 32.5 Å². The van der Waals surface area contributed by atoms with Gasteiger partial charge in [-0.1, -0.05) is 57.0 Å². The maximum absolute atomic E-state index is 13.7. The topological polar surface area (TPSA) is 104 Å². The van der Waals surface area contributed by atoms with Gasteiger partial charge in [0.1, 0.15) is 0 Å². The molecule has 2 atom stereocenters. The molecule has 0 spiro atoms. The zero-order valence-corrected chi connectivity index (χ0v) is 24.3. The molecule has 2 aromatic carbocycles. The average Bonchev–Trinajstić information content (AvgIpc) is 3.27. The highest BCUT2D eigenvalue weighted by atomic mass is 32.2. The molecule has 0 aliphatic carbocycles. The van der Waals surface area contributed by atoms with Crippen LogP contribution in [0, 0.1) is 5.92 Å². The van der Waals surface area contributed by atoms with Crippen molar-refractivity contribution in [2.24, 2.45) is 5.92 Å². The standard InChI is InChI=1S/C30H42N4O4S/c1-5-21(6-2)18-31-19-28(35)25(15-22-11-9-8-10-12-22)32-30(36)24-16-26-29-23(13-14-39(37,38)33(26)4)20-34(7-3)27(29)17-24/h8-12,16-17,20-21,25,28,31,35H,5-7,13-15,18-19H2,1-4H3,(H,32,36)/t25-,28+/m0/s1. The molecule has 9 heteroatoms. The number of carbonyl (C=O) groups is 1. The Morgan fingerprint density at radius 1 is 1.08 bits per heavy atom. The number of aromatic nitrogens is 1. The fourth-order valence-corrected chi connectivity index (χ4v) is 6.60. The van der Waals surface area contributed by atoms with Gasteiger partial charge in [-0.3, -0.25) is 9.10 Å². The Morgan fingerprint density at radius 2 is 1.79 bits per heavy atom. The van der Waals surface area contributed by atoms with Crippen LogP contribution in [0.15, 0.2) is 48.7 Å². The Hall–Kier alpha value is -2.88. The van der Waals surface area contributed by atoms with Crippen molar-refractivity contribution in [1.29, 1.82) is 0 Å². The molecule has 2 heterocycles. The third-order valence-corrected chi connectivity index (χ3v) is 9.80. The van der Waals surface area contributed by atoms with E-state index < -0.39 is 22.2 Å². The average molecular weight is 555 g/mol. The Morgan fingerprint density at radius 3 is 2.46 bits per heavy atom. The van der Waals surface area contributed by atoms with Crippen molar-refractivity contribution in [2.75, 3.05) is 30.2 Å². The van der Waals surface area contributed by atoms with E-state index in [1.807, 2.05) is 49.5 Å². The van der Waals surface area contributed by atoms with Crippen molar-refractivity contribution < 1.29 is 18.3 Å². The first-order valence-electron chi connectivity index (χ1n) is 14.0. The largest absolute Gasteiger partial charge is 0.390 e. The van der Waals surface area contributed by atoms with Gasteiger partial charge in [-0.15, -0.1) is 0 Å². The van der Waals surface area contributed by atoms with Crippen molar-refractivity contribution in [3.05, 3.63) is 65.4 Å². The summed E-state index contributed by atoms with van der Waals surface area (Å²) in [7, 11) is -1.95. The number of sulfonamides is 1. The highest BCUT2D eigenvalue weighted by Crippen LogP contribution is 2.36. The van der Waals surface area contributed by atoms with Crippen LogP contribution in [0.4, 0.5) is 5.69 Å². The van der Waals surface area contributed by atoms with Gasteiger partial charge in [-0.05, 0) is 55.5 Å². The number of rotatable bonds is 12. The van der Waals surface area contributed by atoms with Crippen LogP contribution in [0.3, 0.4) is 0 Å². The van der Waals surface area contributed by atoms with Crippen molar-refractivity contribution in [1.82, 2.24) is 15.2 Å². The molecule has 4 rings (SSSR count). The van der Waals surface area contributed by atoms with Gasteiger partial charge < -0.3 is 20.3 Å². The summed E-state index contributed by atoms with van der Waals surface area (Å²) in [4.78, 5) is 13.7. The predicted molar refractivity (Wildman–Crippen MR) is 158 cm³/mol. The first-order chi connectivity index (χ1) is 18.7. The number of aryl methyl sites for hydroxylation is 2. The minimum absolute atomic E-state index is 0.0256. The van der Waals surface area contributed by atoms with Gasteiger partial charge in [0.15, 0.2) is 0 Å². The monoisotopic (exact) mass is 554 g/mol. The van der Waals surface area contributed by atoms with Gasteiger partial charge >= 0.3 is 0 Å². The molecule has 1 aromatic heterocycles. The van der Waals surface area contributed by atoms with Crippen LogP contribution in [0.5, 0.6) is 0 Å². The number of nitrogens with one attached hydrogen (secondary N) is 2. The van der Waals surface area contributed by atoms with Crippen molar-refractivity contribution in [3.8, 4) is 0 Å². The van der Waals surface area contributed by atoms with Crippen LogP contribution in [0.2, 0.25) is 0 Å². The summed E-state index contributed by atoms with van der Waals surface area (Å²) in [5.41, 5.74) is 3.72. The third-order valence-electron chi connectivity index (χ3n) is 8.05.